The zero-order valence-electron chi connectivity index (χ0n) is 24.1. The molecule has 3 saturated heterocycles. The van der Waals surface area contributed by atoms with E-state index in [0.29, 0.717) is 18.4 Å². The Morgan fingerprint density at radius 3 is 2.29 bits per heavy atom. The van der Waals surface area contributed by atoms with Gasteiger partial charge in [-0.1, -0.05) is 0 Å². The van der Waals surface area contributed by atoms with E-state index in [9.17, 15) is 9.59 Å². The van der Waals surface area contributed by atoms with Crippen molar-refractivity contribution in [2.24, 2.45) is 5.92 Å². The molecule has 3 aromatic rings. The summed E-state index contributed by atoms with van der Waals surface area (Å²) in [4.78, 5) is 35.5. The molecule has 0 atom stereocenters. The van der Waals surface area contributed by atoms with Crippen LogP contribution in [0.3, 0.4) is 0 Å². The number of nitrogens with zero attached hydrogens (tertiary/aromatic N) is 4. The second-order valence-corrected chi connectivity index (χ2v) is 11.8. The lowest BCUT2D eigenvalue weighted by atomic mass is 9.87. The van der Waals surface area contributed by atoms with Crippen molar-refractivity contribution in [2.75, 3.05) is 56.1 Å². The molecule has 216 valence electrons. The van der Waals surface area contributed by atoms with Gasteiger partial charge >= 0.3 is 6.03 Å². The summed E-state index contributed by atoms with van der Waals surface area (Å²) in [7, 11) is 0. The Morgan fingerprint density at radius 1 is 0.878 bits per heavy atom. The van der Waals surface area contributed by atoms with Crippen molar-refractivity contribution >= 4 is 34.2 Å². The number of carbonyl (C=O) groups excluding carboxylic acids is 2. The summed E-state index contributed by atoms with van der Waals surface area (Å²) in [5, 5.41) is 4.25. The van der Waals surface area contributed by atoms with Crippen molar-refractivity contribution < 1.29 is 14.3 Å². The Hall–Kier alpha value is -3.81. The normalized spacial score (nSPS) is 18.6. The average molecular weight is 556 g/mol. The number of hydrogen-bond acceptors (Lipinski definition) is 5. The van der Waals surface area contributed by atoms with Gasteiger partial charge in [0, 0.05) is 75.2 Å². The lowest BCUT2D eigenvalue weighted by molar-refractivity contribution is -0.130. The van der Waals surface area contributed by atoms with Crippen molar-refractivity contribution in [3.63, 3.8) is 0 Å². The van der Waals surface area contributed by atoms with Crippen LogP contribution in [0.15, 0.2) is 54.7 Å². The highest BCUT2D eigenvalue weighted by Gasteiger charge is 2.26. The summed E-state index contributed by atoms with van der Waals surface area (Å²) in [5.41, 5.74) is 4.33. The number of likely N-dealkylation sites (tertiary alicyclic amines) is 2. The number of aromatic nitrogens is 1. The lowest BCUT2D eigenvalue weighted by Crippen LogP contribution is -2.40. The van der Waals surface area contributed by atoms with Crippen LogP contribution in [0.5, 0.6) is 5.75 Å². The van der Waals surface area contributed by atoms with Crippen LogP contribution in [-0.4, -0.2) is 72.6 Å². The number of benzene rings is 2. The van der Waals surface area contributed by atoms with Gasteiger partial charge in [-0.3, -0.25) is 9.78 Å². The number of fused-ring (bicyclic) bond motifs is 1. The molecular formula is C33H41N5O3. The maximum atomic E-state index is 13.0. The fourth-order valence-electron chi connectivity index (χ4n) is 6.55. The van der Waals surface area contributed by atoms with Gasteiger partial charge in [0.1, 0.15) is 5.75 Å². The minimum atomic E-state index is -0.0225. The van der Waals surface area contributed by atoms with Gasteiger partial charge in [0.25, 0.3) is 0 Å². The Kier molecular flexibility index (Phi) is 8.26. The molecular weight excluding hydrogens is 514 g/mol. The van der Waals surface area contributed by atoms with E-state index in [2.05, 4.69) is 45.5 Å². The number of urea groups is 1. The van der Waals surface area contributed by atoms with Crippen LogP contribution >= 0.6 is 0 Å². The fourth-order valence-corrected chi connectivity index (χ4v) is 6.55. The summed E-state index contributed by atoms with van der Waals surface area (Å²) in [6, 6.07) is 16.6. The molecule has 4 heterocycles. The predicted octanol–water partition coefficient (Wildman–Crippen LogP) is 5.88. The third-order valence-electron chi connectivity index (χ3n) is 9.11. The first-order valence-corrected chi connectivity index (χ1v) is 15.2. The third-order valence-corrected chi connectivity index (χ3v) is 9.11. The van der Waals surface area contributed by atoms with E-state index < -0.39 is 0 Å². The number of piperidine rings is 2. The van der Waals surface area contributed by atoms with Gasteiger partial charge in [0.15, 0.2) is 0 Å². The van der Waals surface area contributed by atoms with Gasteiger partial charge < -0.3 is 24.8 Å². The predicted molar refractivity (Wildman–Crippen MR) is 163 cm³/mol. The number of pyridine rings is 1. The SMILES string of the molecule is CC(=O)N1CCC(COc2ccc3c(C4CCN(C(=O)Nc5ccc(N6CCCC6)cc5)CC4)ccnc3c2)CC1. The zero-order chi connectivity index (χ0) is 28.2. The van der Waals surface area contributed by atoms with Crippen LogP contribution in [-0.2, 0) is 4.79 Å². The van der Waals surface area contributed by atoms with Crippen LogP contribution < -0.4 is 15.0 Å². The van der Waals surface area contributed by atoms with E-state index in [1.807, 2.05) is 34.2 Å². The van der Waals surface area contributed by atoms with Crippen molar-refractivity contribution in [1.29, 1.82) is 0 Å². The van der Waals surface area contributed by atoms with E-state index in [0.717, 1.165) is 87.3 Å². The quantitative estimate of drug-likeness (QED) is 0.411. The van der Waals surface area contributed by atoms with E-state index in [1.165, 1.54) is 24.1 Å². The van der Waals surface area contributed by atoms with Crippen LogP contribution in [0, 0.1) is 5.92 Å². The summed E-state index contributed by atoms with van der Waals surface area (Å²) in [6.45, 7) is 7.64. The number of ether oxygens (including phenoxy) is 1. The van der Waals surface area contributed by atoms with Gasteiger partial charge in [0.2, 0.25) is 5.91 Å². The molecule has 0 spiro atoms. The second-order valence-electron chi connectivity index (χ2n) is 11.8. The highest BCUT2D eigenvalue weighted by molar-refractivity contribution is 5.89. The van der Waals surface area contributed by atoms with Crippen molar-refractivity contribution in [3.05, 3.63) is 60.3 Å². The molecule has 0 saturated carbocycles. The van der Waals surface area contributed by atoms with E-state index in [4.69, 9.17) is 4.74 Å². The number of anilines is 2. The van der Waals surface area contributed by atoms with Gasteiger partial charge in [-0.15, -0.1) is 0 Å². The summed E-state index contributed by atoms with van der Waals surface area (Å²) >= 11 is 0. The van der Waals surface area contributed by atoms with Gasteiger partial charge in [-0.2, -0.15) is 0 Å². The molecule has 1 aromatic heterocycles. The van der Waals surface area contributed by atoms with Crippen LogP contribution in [0.1, 0.15) is 56.9 Å². The number of carbonyl (C=O) groups is 2. The highest BCUT2D eigenvalue weighted by Crippen LogP contribution is 2.34. The molecule has 6 rings (SSSR count). The van der Waals surface area contributed by atoms with Gasteiger partial charge in [-0.05, 0) is 98.4 Å². The number of hydrogen-bond donors (Lipinski definition) is 1. The minimum Gasteiger partial charge on any atom is -0.493 e. The number of nitrogens with one attached hydrogen (secondary N) is 1. The molecule has 3 aliphatic heterocycles. The summed E-state index contributed by atoms with van der Waals surface area (Å²) in [6.07, 6.45) is 8.22. The molecule has 3 fully saturated rings. The molecule has 3 amide bonds. The highest BCUT2D eigenvalue weighted by atomic mass is 16.5. The Balaban J connectivity index is 1.02. The summed E-state index contributed by atoms with van der Waals surface area (Å²) < 4.78 is 6.16. The average Bonchev–Trinajstić information content (AvgIpc) is 3.55. The van der Waals surface area contributed by atoms with E-state index in [1.54, 1.807) is 6.92 Å². The summed E-state index contributed by atoms with van der Waals surface area (Å²) in [5.74, 6) is 1.86. The molecule has 8 nitrogen and oxygen atoms in total. The fraction of sp³-hybridized carbons (Fsp3) is 0.485. The molecule has 0 unspecified atom stereocenters. The first-order valence-electron chi connectivity index (χ1n) is 15.2. The third kappa shape index (κ3) is 6.42. The molecule has 41 heavy (non-hydrogen) atoms. The molecule has 0 radical (unpaired) electrons. The number of amides is 3. The van der Waals surface area contributed by atoms with Gasteiger partial charge in [0.05, 0.1) is 12.1 Å². The Bertz CT molecular complexity index is 1360. The van der Waals surface area contributed by atoms with Crippen LogP contribution in [0.2, 0.25) is 0 Å². The maximum Gasteiger partial charge on any atom is 0.321 e. The topological polar surface area (TPSA) is 78.0 Å². The molecule has 8 heteroatoms. The zero-order valence-corrected chi connectivity index (χ0v) is 24.1. The minimum absolute atomic E-state index is 0.0225. The first kappa shape index (κ1) is 27.4. The van der Waals surface area contributed by atoms with Gasteiger partial charge in [-0.25, -0.2) is 4.79 Å². The molecule has 1 N–H and O–H groups in total. The van der Waals surface area contributed by atoms with E-state index in [-0.39, 0.29) is 11.9 Å². The smallest absolute Gasteiger partial charge is 0.321 e. The maximum absolute atomic E-state index is 13.0. The van der Waals surface area contributed by atoms with Crippen molar-refractivity contribution in [1.82, 2.24) is 14.8 Å². The monoisotopic (exact) mass is 555 g/mol. The van der Waals surface area contributed by atoms with Crippen LogP contribution in [0.4, 0.5) is 16.2 Å². The molecule has 0 aliphatic carbocycles. The Morgan fingerprint density at radius 2 is 1.59 bits per heavy atom. The van der Waals surface area contributed by atoms with Crippen molar-refractivity contribution in [2.45, 2.75) is 51.4 Å². The van der Waals surface area contributed by atoms with Crippen LogP contribution in [0.25, 0.3) is 10.9 Å². The number of rotatable bonds is 6. The standard InChI is InChI=1S/C33H41N5O3/c1-24(39)36-18-11-25(12-19-36)23-41-29-8-9-31-30(10-15-34-32(31)22-29)26-13-20-38(21-14-26)33(40)35-27-4-6-28(7-5-27)37-16-2-3-17-37/h4-10,15,22,25-26H,2-3,11-14,16-21,23H2,1H3,(H,35,40). The second kappa shape index (κ2) is 12.4. The molecule has 2 aromatic carbocycles. The lowest BCUT2D eigenvalue weighted by Gasteiger charge is -2.32. The van der Waals surface area contributed by atoms with E-state index >= 15 is 0 Å². The Labute approximate surface area is 242 Å². The largest absolute Gasteiger partial charge is 0.493 e. The first-order chi connectivity index (χ1) is 20.0. The molecule has 3 aliphatic rings. The van der Waals surface area contributed by atoms with Crippen molar-refractivity contribution in [3.8, 4) is 5.75 Å². The molecule has 0 bridgehead atoms.